The van der Waals surface area contributed by atoms with E-state index < -0.39 is 0 Å². The molecular formula is C19H38IN5O. The van der Waals surface area contributed by atoms with Crippen molar-refractivity contribution < 1.29 is 4.79 Å². The first-order valence-corrected chi connectivity index (χ1v) is 10.1. The summed E-state index contributed by atoms with van der Waals surface area (Å²) >= 11 is 0. The molecule has 1 saturated carbocycles. The van der Waals surface area contributed by atoms with Gasteiger partial charge in [0.2, 0.25) is 5.91 Å². The van der Waals surface area contributed by atoms with Crippen LogP contribution in [0.3, 0.4) is 0 Å². The van der Waals surface area contributed by atoms with E-state index in [0.29, 0.717) is 12.5 Å². The molecule has 26 heavy (non-hydrogen) atoms. The van der Waals surface area contributed by atoms with Crippen molar-refractivity contribution in [3.63, 3.8) is 0 Å². The van der Waals surface area contributed by atoms with Crippen LogP contribution >= 0.6 is 24.0 Å². The zero-order valence-electron chi connectivity index (χ0n) is 16.8. The topological polar surface area (TPSA) is 68.8 Å². The van der Waals surface area contributed by atoms with Crippen LogP contribution in [0.25, 0.3) is 0 Å². The molecule has 0 unspecified atom stereocenters. The summed E-state index contributed by atoms with van der Waals surface area (Å²) in [4.78, 5) is 19.1. The highest BCUT2D eigenvalue weighted by Crippen LogP contribution is 2.21. The Balaban J connectivity index is 0.00000338. The van der Waals surface area contributed by atoms with Crippen LogP contribution in [0.4, 0.5) is 0 Å². The van der Waals surface area contributed by atoms with E-state index in [-0.39, 0.29) is 35.4 Å². The Kier molecular flexibility index (Phi) is 10.8. The van der Waals surface area contributed by atoms with Crippen LogP contribution in [-0.4, -0.2) is 61.1 Å². The van der Waals surface area contributed by atoms with Gasteiger partial charge in [0, 0.05) is 31.1 Å². The van der Waals surface area contributed by atoms with E-state index in [4.69, 9.17) is 4.99 Å². The largest absolute Gasteiger partial charge is 0.357 e. The van der Waals surface area contributed by atoms with E-state index in [0.717, 1.165) is 44.9 Å². The Morgan fingerprint density at radius 1 is 1.15 bits per heavy atom. The summed E-state index contributed by atoms with van der Waals surface area (Å²) in [5, 5.41) is 9.70. The first-order chi connectivity index (χ1) is 12.0. The highest BCUT2D eigenvalue weighted by atomic mass is 127. The number of hydrogen-bond donors (Lipinski definition) is 3. The molecule has 2 aliphatic rings. The average molecular weight is 479 g/mol. The highest BCUT2D eigenvalue weighted by molar-refractivity contribution is 14.0. The molecule has 3 N–H and O–H groups in total. The molecule has 0 bridgehead atoms. The van der Waals surface area contributed by atoms with Crippen LogP contribution in [-0.2, 0) is 4.79 Å². The van der Waals surface area contributed by atoms with Crippen molar-refractivity contribution in [2.24, 2.45) is 4.99 Å². The van der Waals surface area contributed by atoms with Crippen LogP contribution < -0.4 is 16.0 Å². The second kappa shape index (κ2) is 12.0. The summed E-state index contributed by atoms with van der Waals surface area (Å²) in [6, 6.07) is 0.455. The fraction of sp³-hybridized carbons (Fsp3) is 0.895. The molecule has 1 aliphatic heterocycles. The number of carbonyl (C=O) groups is 1. The van der Waals surface area contributed by atoms with Crippen molar-refractivity contribution in [1.82, 2.24) is 20.9 Å². The molecule has 2 fully saturated rings. The maximum Gasteiger partial charge on any atom is 0.220 e. The molecule has 1 amide bonds. The number of piperidine rings is 1. The Bertz CT molecular complexity index is 445. The Morgan fingerprint density at radius 2 is 1.85 bits per heavy atom. The van der Waals surface area contributed by atoms with Crippen LogP contribution in [0.2, 0.25) is 0 Å². The molecule has 7 heteroatoms. The third-order valence-electron chi connectivity index (χ3n) is 5.00. The third-order valence-corrected chi connectivity index (χ3v) is 5.00. The van der Waals surface area contributed by atoms with Gasteiger partial charge in [0.15, 0.2) is 5.96 Å². The summed E-state index contributed by atoms with van der Waals surface area (Å²) in [7, 11) is 0. The molecule has 1 saturated heterocycles. The van der Waals surface area contributed by atoms with Crippen LogP contribution in [0, 0.1) is 0 Å². The Morgan fingerprint density at radius 3 is 2.46 bits per heavy atom. The predicted octanol–water partition coefficient (Wildman–Crippen LogP) is 2.48. The molecule has 0 spiro atoms. The SMILES string of the molecule is CCNC(=NCC(C)(C)N1CCCCC1)NCCCC(=O)NC1CC1.I. The number of likely N-dealkylation sites (tertiary alicyclic amines) is 1. The van der Waals surface area contributed by atoms with Gasteiger partial charge >= 0.3 is 0 Å². The lowest BCUT2D eigenvalue weighted by Gasteiger charge is -2.40. The predicted molar refractivity (Wildman–Crippen MR) is 119 cm³/mol. The highest BCUT2D eigenvalue weighted by Gasteiger charge is 2.27. The van der Waals surface area contributed by atoms with E-state index in [1.165, 1.54) is 32.4 Å². The molecular weight excluding hydrogens is 441 g/mol. The number of carbonyl (C=O) groups excluding carboxylic acids is 1. The minimum absolute atomic E-state index is 0. The van der Waals surface area contributed by atoms with Gasteiger partial charge < -0.3 is 16.0 Å². The Labute approximate surface area is 176 Å². The van der Waals surface area contributed by atoms with Gasteiger partial charge in [0.1, 0.15) is 0 Å². The fourth-order valence-electron chi connectivity index (χ4n) is 3.20. The average Bonchev–Trinajstić information content (AvgIpc) is 3.41. The van der Waals surface area contributed by atoms with Crippen molar-refractivity contribution >= 4 is 35.8 Å². The zero-order chi connectivity index (χ0) is 18.1. The first kappa shape index (κ1) is 23.5. The number of aliphatic imine (C=N–C) groups is 1. The quantitative estimate of drug-likeness (QED) is 0.206. The molecule has 0 aromatic rings. The molecule has 152 valence electrons. The second-order valence-corrected chi connectivity index (χ2v) is 7.93. The van der Waals surface area contributed by atoms with Gasteiger partial charge in [-0.1, -0.05) is 6.42 Å². The number of halogens is 1. The summed E-state index contributed by atoms with van der Waals surface area (Å²) in [5.41, 5.74) is 0.0902. The molecule has 0 atom stereocenters. The van der Waals surface area contributed by atoms with Crippen molar-refractivity contribution in [3.05, 3.63) is 0 Å². The van der Waals surface area contributed by atoms with Crippen LogP contribution in [0.15, 0.2) is 4.99 Å². The van der Waals surface area contributed by atoms with Gasteiger partial charge in [-0.3, -0.25) is 14.7 Å². The molecule has 6 nitrogen and oxygen atoms in total. The smallest absolute Gasteiger partial charge is 0.220 e. The van der Waals surface area contributed by atoms with Gasteiger partial charge in [-0.2, -0.15) is 0 Å². The Hall–Kier alpha value is -0.570. The lowest BCUT2D eigenvalue weighted by atomic mass is 9.99. The third kappa shape index (κ3) is 8.88. The second-order valence-electron chi connectivity index (χ2n) is 7.93. The molecule has 0 aromatic heterocycles. The van der Waals surface area contributed by atoms with Gasteiger partial charge in [-0.05, 0) is 66.0 Å². The monoisotopic (exact) mass is 479 g/mol. The zero-order valence-corrected chi connectivity index (χ0v) is 19.1. The van der Waals surface area contributed by atoms with Gasteiger partial charge in [0.25, 0.3) is 0 Å². The summed E-state index contributed by atoms with van der Waals surface area (Å²) < 4.78 is 0. The van der Waals surface area contributed by atoms with Gasteiger partial charge in [0.05, 0.1) is 6.54 Å². The normalized spacial score (nSPS) is 18.8. The van der Waals surface area contributed by atoms with Gasteiger partial charge in [-0.25, -0.2) is 0 Å². The molecule has 2 rings (SSSR count). The van der Waals surface area contributed by atoms with Crippen molar-refractivity contribution in [3.8, 4) is 0 Å². The van der Waals surface area contributed by atoms with E-state index in [1.54, 1.807) is 0 Å². The lowest BCUT2D eigenvalue weighted by Crippen LogP contribution is -2.49. The molecule has 0 radical (unpaired) electrons. The first-order valence-electron chi connectivity index (χ1n) is 10.1. The number of rotatable bonds is 9. The fourth-order valence-corrected chi connectivity index (χ4v) is 3.20. The van der Waals surface area contributed by atoms with Crippen molar-refractivity contribution in [1.29, 1.82) is 0 Å². The van der Waals surface area contributed by atoms with E-state index in [9.17, 15) is 4.79 Å². The minimum Gasteiger partial charge on any atom is -0.357 e. The van der Waals surface area contributed by atoms with Gasteiger partial charge in [-0.15, -0.1) is 24.0 Å². The maximum atomic E-state index is 11.7. The van der Waals surface area contributed by atoms with E-state index >= 15 is 0 Å². The number of amides is 1. The molecule has 0 aromatic carbocycles. The standard InChI is InChI=1S/C19H37N5O.HI/c1-4-20-18(21-12-8-9-17(25)23-16-10-11-16)22-15-19(2,3)24-13-6-5-7-14-24;/h16H,4-15H2,1-3H3,(H,23,25)(H2,20,21,22);1H. The summed E-state index contributed by atoms with van der Waals surface area (Å²) in [5.74, 6) is 1.03. The van der Waals surface area contributed by atoms with E-state index in [1.807, 2.05) is 0 Å². The van der Waals surface area contributed by atoms with Crippen molar-refractivity contribution in [2.45, 2.75) is 77.3 Å². The van der Waals surface area contributed by atoms with E-state index in [2.05, 4.69) is 41.6 Å². The summed E-state index contributed by atoms with van der Waals surface area (Å²) in [6.45, 7) is 11.4. The maximum absolute atomic E-state index is 11.7. The number of hydrogen-bond acceptors (Lipinski definition) is 3. The number of nitrogens with one attached hydrogen (secondary N) is 3. The van der Waals surface area contributed by atoms with Crippen LogP contribution in [0.1, 0.15) is 65.7 Å². The number of guanidine groups is 1. The van der Waals surface area contributed by atoms with Crippen molar-refractivity contribution in [2.75, 3.05) is 32.7 Å². The minimum atomic E-state index is 0. The lowest BCUT2D eigenvalue weighted by molar-refractivity contribution is -0.121. The molecule has 1 aliphatic carbocycles. The molecule has 1 heterocycles. The van der Waals surface area contributed by atoms with Crippen LogP contribution in [0.5, 0.6) is 0 Å². The summed E-state index contributed by atoms with van der Waals surface area (Å²) in [6.07, 6.45) is 7.67. The number of nitrogens with zero attached hydrogens (tertiary/aromatic N) is 2.